The molecule has 21 heavy (non-hydrogen) atoms. The highest BCUT2D eigenvalue weighted by Gasteiger charge is 2.41. The number of para-hydroxylation sites is 1. The van der Waals surface area contributed by atoms with Crippen LogP contribution in [0.4, 0.5) is 5.69 Å². The van der Waals surface area contributed by atoms with Crippen molar-refractivity contribution in [3.63, 3.8) is 0 Å². The molecule has 0 aliphatic carbocycles. The van der Waals surface area contributed by atoms with E-state index in [4.69, 9.17) is 0 Å². The molecule has 1 fully saturated rings. The van der Waals surface area contributed by atoms with E-state index < -0.39 is 0 Å². The second-order valence-corrected chi connectivity index (χ2v) is 5.42. The summed E-state index contributed by atoms with van der Waals surface area (Å²) in [5.74, 6) is -0.0312. The van der Waals surface area contributed by atoms with Gasteiger partial charge in [0.15, 0.2) is 0 Å². The van der Waals surface area contributed by atoms with Crippen LogP contribution in [0.25, 0.3) is 6.08 Å². The summed E-state index contributed by atoms with van der Waals surface area (Å²) in [6.45, 7) is 0.726. The van der Waals surface area contributed by atoms with E-state index in [0.717, 1.165) is 12.2 Å². The van der Waals surface area contributed by atoms with Crippen molar-refractivity contribution in [1.29, 1.82) is 5.26 Å². The van der Waals surface area contributed by atoms with Gasteiger partial charge in [0.25, 0.3) is 0 Å². The molecule has 0 aromatic heterocycles. The average Bonchev–Trinajstić information content (AvgIpc) is 2.95. The minimum atomic E-state index is -0.0312. The number of hydrogen-bond donors (Lipinski definition) is 0. The molecule has 0 bridgehead atoms. The fraction of sp³-hybridized carbons (Fsp3) is 0.167. The van der Waals surface area contributed by atoms with Gasteiger partial charge >= 0.3 is 0 Å². The number of hydrazine groups is 1. The normalized spacial score (nSPS) is 22.6. The smallest absolute Gasteiger partial charge is 0.0930 e. The van der Waals surface area contributed by atoms with Crippen molar-refractivity contribution in [2.24, 2.45) is 5.92 Å². The van der Waals surface area contributed by atoms with Crippen molar-refractivity contribution >= 4 is 11.8 Å². The molecule has 2 aliphatic rings. The third-order valence-electron chi connectivity index (χ3n) is 4.26. The third kappa shape index (κ3) is 1.80. The predicted octanol–water partition coefficient (Wildman–Crippen LogP) is 3.59. The lowest BCUT2D eigenvalue weighted by atomic mass is 9.90. The molecule has 0 N–H and O–H groups in total. The molecule has 2 heterocycles. The van der Waals surface area contributed by atoms with Crippen LogP contribution in [0.2, 0.25) is 0 Å². The number of nitrogens with zero attached hydrogens (tertiary/aromatic N) is 3. The summed E-state index contributed by atoms with van der Waals surface area (Å²) in [5, 5.41) is 14.0. The van der Waals surface area contributed by atoms with Gasteiger partial charge in [0.2, 0.25) is 0 Å². The predicted molar refractivity (Wildman–Crippen MR) is 82.9 cm³/mol. The molecule has 0 amide bonds. The minimum absolute atomic E-state index is 0.0312. The molecule has 3 nitrogen and oxygen atoms in total. The molecule has 0 spiro atoms. The van der Waals surface area contributed by atoms with Crippen molar-refractivity contribution < 1.29 is 0 Å². The molecule has 2 aromatic carbocycles. The van der Waals surface area contributed by atoms with E-state index in [9.17, 15) is 5.26 Å². The number of hydrogen-bond acceptors (Lipinski definition) is 3. The second-order valence-electron chi connectivity index (χ2n) is 5.42. The molecule has 2 aliphatic heterocycles. The van der Waals surface area contributed by atoms with Crippen molar-refractivity contribution in [2.75, 3.05) is 11.6 Å². The molecule has 0 saturated carbocycles. The zero-order valence-electron chi connectivity index (χ0n) is 11.6. The Balaban J connectivity index is 1.80. The SMILES string of the molecule is N#C[C@@H]1CN(c2ccccc2)N2C=Cc3ccccc3C12. The number of nitriles is 1. The Bertz CT molecular complexity index is 730. The summed E-state index contributed by atoms with van der Waals surface area (Å²) in [5.41, 5.74) is 3.59. The van der Waals surface area contributed by atoms with Crippen molar-refractivity contribution in [2.45, 2.75) is 6.04 Å². The van der Waals surface area contributed by atoms with Crippen molar-refractivity contribution in [1.82, 2.24) is 5.01 Å². The maximum absolute atomic E-state index is 9.57. The summed E-state index contributed by atoms with van der Waals surface area (Å²) >= 11 is 0. The number of anilines is 1. The van der Waals surface area contributed by atoms with Gasteiger partial charge in [-0.05, 0) is 29.3 Å². The highest BCUT2D eigenvalue weighted by Crippen LogP contribution is 2.43. The minimum Gasteiger partial charge on any atom is -0.284 e. The molecule has 3 heteroatoms. The van der Waals surface area contributed by atoms with Crippen LogP contribution < -0.4 is 5.01 Å². The molecule has 4 rings (SSSR count). The van der Waals surface area contributed by atoms with Gasteiger partial charge in [-0.2, -0.15) is 5.26 Å². The molecular formula is C18H15N3. The Kier molecular flexibility index (Phi) is 2.68. The van der Waals surface area contributed by atoms with E-state index in [1.54, 1.807) is 0 Å². The highest BCUT2D eigenvalue weighted by molar-refractivity contribution is 5.60. The molecule has 0 radical (unpaired) electrons. The maximum atomic E-state index is 9.57. The fourth-order valence-electron chi connectivity index (χ4n) is 3.29. The van der Waals surface area contributed by atoms with Gasteiger partial charge in [-0.1, -0.05) is 42.5 Å². The Morgan fingerprint density at radius 1 is 1.00 bits per heavy atom. The Labute approximate surface area is 124 Å². The highest BCUT2D eigenvalue weighted by atomic mass is 15.7. The summed E-state index contributed by atoms with van der Waals surface area (Å²) in [4.78, 5) is 0. The molecule has 102 valence electrons. The number of benzene rings is 2. The monoisotopic (exact) mass is 273 g/mol. The lowest BCUT2D eigenvalue weighted by Crippen LogP contribution is -2.35. The number of rotatable bonds is 1. The fourth-order valence-corrected chi connectivity index (χ4v) is 3.29. The van der Waals surface area contributed by atoms with Crippen molar-refractivity contribution in [3.8, 4) is 6.07 Å². The topological polar surface area (TPSA) is 30.3 Å². The Hall–Kier alpha value is -2.73. The van der Waals surface area contributed by atoms with E-state index in [1.165, 1.54) is 11.1 Å². The van der Waals surface area contributed by atoms with Crippen LogP contribution in [0.3, 0.4) is 0 Å². The van der Waals surface area contributed by atoms with Gasteiger partial charge < -0.3 is 0 Å². The summed E-state index contributed by atoms with van der Waals surface area (Å²) in [6.07, 6.45) is 4.22. The van der Waals surface area contributed by atoms with Crippen molar-refractivity contribution in [3.05, 3.63) is 71.9 Å². The van der Waals surface area contributed by atoms with E-state index in [0.29, 0.717) is 0 Å². The van der Waals surface area contributed by atoms with Crippen LogP contribution in [-0.4, -0.2) is 11.6 Å². The lowest BCUT2D eigenvalue weighted by Gasteiger charge is -2.35. The Morgan fingerprint density at radius 2 is 1.76 bits per heavy atom. The number of fused-ring (bicyclic) bond motifs is 3. The first-order chi connectivity index (χ1) is 10.4. The average molecular weight is 273 g/mol. The first-order valence-electron chi connectivity index (χ1n) is 7.16. The molecule has 2 atom stereocenters. The quantitative estimate of drug-likeness (QED) is 0.795. The molecular weight excluding hydrogens is 258 g/mol. The molecule has 1 unspecified atom stereocenters. The van der Waals surface area contributed by atoms with Gasteiger partial charge in [-0.15, -0.1) is 0 Å². The lowest BCUT2D eigenvalue weighted by molar-refractivity contribution is 0.311. The largest absolute Gasteiger partial charge is 0.284 e. The van der Waals surface area contributed by atoms with Crippen LogP contribution in [-0.2, 0) is 0 Å². The third-order valence-corrected chi connectivity index (χ3v) is 4.26. The summed E-state index contributed by atoms with van der Waals surface area (Å²) in [6, 6.07) is 21.2. The molecule has 2 aromatic rings. The first-order valence-corrected chi connectivity index (χ1v) is 7.16. The summed E-state index contributed by atoms with van der Waals surface area (Å²) < 4.78 is 0. The van der Waals surface area contributed by atoms with Crippen LogP contribution in [0.5, 0.6) is 0 Å². The van der Waals surface area contributed by atoms with Crippen LogP contribution >= 0.6 is 0 Å². The van der Waals surface area contributed by atoms with Gasteiger partial charge in [0.1, 0.15) is 0 Å². The van der Waals surface area contributed by atoms with Gasteiger partial charge in [-0.25, -0.2) is 0 Å². The zero-order chi connectivity index (χ0) is 14.2. The van der Waals surface area contributed by atoms with Gasteiger partial charge in [-0.3, -0.25) is 10.0 Å². The van der Waals surface area contributed by atoms with Gasteiger partial charge in [0, 0.05) is 6.20 Å². The van der Waals surface area contributed by atoms with E-state index in [1.807, 2.05) is 24.3 Å². The van der Waals surface area contributed by atoms with Gasteiger partial charge in [0.05, 0.1) is 30.3 Å². The summed E-state index contributed by atoms with van der Waals surface area (Å²) in [7, 11) is 0. The second kappa shape index (κ2) is 4.68. The van der Waals surface area contributed by atoms with Crippen LogP contribution in [0.15, 0.2) is 60.8 Å². The van der Waals surface area contributed by atoms with E-state index in [2.05, 4.69) is 58.7 Å². The standard InChI is InChI=1S/C18H15N3/c19-12-15-13-21(16-7-2-1-3-8-16)20-11-10-14-6-4-5-9-17(14)18(15)20/h1-11,15,18H,13H2/t15-,18?/m1/s1. The van der Waals surface area contributed by atoms with E-state index >= 15 is 0 Å². The Morgan fingerprint density at radius 3 is 2.57 bits per heavy atom. The maximum Gasteiger partial charge on any atom is 0.0930 e. The first kappa shape index (κ1) is 12.0. The van der Waals surface area contributed by atoms with Crippen LogP contribution in [0.1, 0.15) is 17.2 Å². The zero-order valence-corrected chi connectivity index (χ0v) is 11.6. The van der Waals surface area contributed by atoms with E-state index in [-0.39, 0.29) is 12.0 Å². The molecule has 1 saturated heterocycles. The van der Waals surface area contributed by atoms with Crippen LogP contribution in [0, 0.1) is 17.2 Å².